The van der Waals surface area contributed by atoms with Crippen molar-refractivity contribution in [3.63, 3.8) is 0 Å². The van der Waals surface area contributed by atoms with Crippen LogP contribution in [0, 0.1) is 13.8 Å². The second-order valence-corrected chi connectivity index (χ2v) is 8.72. The summed E-state index contributed by atoms with van der Waals surface area (Å²) in [6, 6.07) is 11.6. The van der Waals surface area contributed by atoms with Crippen molar-refractivity contribution >= 4 is 27.5 Å². The lowest BCUT2D eigenvalue weighted by atomic mass is 10.1. The highest BCUT2D eigenvalue weighted by atomic mass is 32.2. The lowest BCUT2D eigenvalue weighted by Gasteiger charge is -2.11. The number of anilines is 1. The summed E-state index contributed by atoms with van der Waals surface area (Å²) in [6.45, 7) is 4.66. The molecule has 1 aliphatic heterocycles. The monoisotopic (exact) mass is 415 g/mol. The fourth-order valence-electron chi connectivity index (χ4n) is 2.96. The van der Waals surface area contributed by atoms with Gasteiger partial charge in [0.15, 0.2) is 6.61 Å². The first-order valence-corrected chi connectivity index (χ1v) is 10.8. The number of hydrogen-bond donors (Lipinski definition) is 1. The van der Waals surface area contributed by atoms with Gasteiger partial charge in [0.1, 0.15) is 11.6 Å². The summed E-state index contributed by atoms with van der Waals surface area (Å²) in [6.07, 6.45) is 1.56. The molecule has 0 bridgehead atoms. The Hall–Kier alpha value is -2.87. The number of rotatable bonds is 6. The van der Waals surface area contributed by atoms with Crippen LogP contribution in [0.5, 0.6) is 5.75 Å². The molecule has 1 aliphatic rings. The molecule has 29 heavy (non-hydrogen) atoms. The van der Waals surface area contributed by atoms with Crippen molar-refractivity contribution in [1.82, 2.24) is 4.90 Å². The van der Waals surface area contributed by atoms with E-state index in [1.165, 1.54) is 12.1 Å². The van der Waals surface area contributed by atoms with Crippen molar-refractivity contribution in [3.8, 4) is 5.75 Å². The topological polar surface area (TPSA) is 88.1 Å². The summed E-state index contributed by atoms with van der Waals surface area (Å²) in [4.78, 5) is 14.0. The molecule has 1 N–H and O–H groups in total. The number of amides is 1. The molecule has 3 rings (SSSR count). The van der Waals surface area contributed by atoms with Gasteiger partial charge in [-0.15, -0.1) is 4.40 Å². The molecule has 1 fully saturated rings. The first-order chi connectivity index (χ1) is 13.7. The van der Waals surface area contributed by atoms with E-state index in [0.717, 1.165) is 24.1 Å². The van der Waals surface area contributed by atoms with E-state index in [0.29, 0.717) is 23.7 Å². The molecule has 0 unspecified atom stereocenters. The van der Waals surface area contributed by atoms with Crippen molar-refractivity contribution in [2.45, 2.75) is 31.6 Å². The zero-order chi connectivity index (χ0) is 21.0. The first kappa shape index (κ1) is 20.9. The third kappa shape index (κ3) is 5.35. The first-order valence-electron chi connectivity index (χ1n) is 9.39. The van der Waals surface area contributed by atoms with Crippen LogP contribution in [0.1, 0.15) is 24.0 Å². The molecule has 2 aromatic rings. The fourth-order valence-corrected chi connectivity index (χ4v) is 4.05. The molecule has 1 heterocycles. The lowest BCUT2D eigenvalue weighted by molar-refractivity contribution is -0.118. The number of benzene rings is 2. The molecule has 0 aliphatic carbocycles. The number of amidine groups is 1. The highest BCUT2D eigenvalue weighted by molar-refractivity contribution is 7.90. The van der Waals surface area contributed by atoms with Crippen molar-refractivity contribution in [2.24, 2.45) is 4.40 Å². The minimum atomic E-state index is -3.77. The molecular formula is C21H25N3O4S. The summed E-state index contributed by atoms with van der Waals surface area (Å²) < 4.78 is 34.4. The van der Waals surface area contributed by atoms with E-state index in [-0.39, 0.29) is 17.4 Å². The van der Waals surface area contributed by atoms with Gasteiger partial charge in [-0.1, -0.05) is 6.07 Å². The number of ether oxygens (including phenoxy) is 1. The number of sulfonamides is 1. The molecule has 0 saturated carbocycles. The molecule has 8 heteroatoms. The van der Waals surface area contributed by atoms with E-state index in [1.54, 1.807) is 12.1 Å². The lowest BCUT2D eigenvalue weighted by Crippen LogP contribution is -2.21. The van der Waals surface area contributed by atoms with Crippen molar-refractivity contribution in [1.29, 1.82) is 0 Å². The van der Waals surface area contributed by atoms with Crippen LogP contribution in [0.25, 0.3) is 0 Å². The summed E-state index contributed by atoms with van der Waals surface area (Å²) >= 11 is 0. The smallest absolute Gasteiger partial charge is 0.283 e. The van der Waals surface area contributed by atoms with Crippen molar-refractivity contribution in [3.05, 3.63) is 53.6 Å². The number of nitrogens with one attached hydrogen (secondary N) is 1. The molecule has 1 amide bonds. The largest absolute Gasteiger partial charge is 0.484 e. The highest BCUT2D eigenvalue weighted by Gasteiger charge is 2.20. The normalized spacial score (nSPS) is 15.6. The summed E-state index contributed by atoms with van der Waals surface area (Å²) in [5.74, 6) is 0.873. The van der Waals surface area contributed by atoms with Crippen LogP contribution < -0.4 is 10.1 Å². The van der Waals surface area contributed by atoms with Gasteiger partial charge in [-0.3, -0.25) is 4.79 Å². The van der Waals surface area contributed by atoms with Crippen LogP contribution >= 0.6 is 0 Å². The van der Waals surface area contributed by atoms with Crippen LogP contribution in [0.4, 0.5) is 5.69 Å². The number of aryl methyl sites for hydroxylation is 2. The number of likely N-dealkylation sites (tertiary alicyclic amines) is 1. The Labute approximate surface area is 171 Å². The number of hydrogen-bond acceptors (Lipinski definition) is 4. The molecule has 0 spiro atoms. The Bertz CT molecular complexity index is 1030. The molecule has 0 aromatic heterocycles. The Morgan fingerprint density at radius 3 is 2.48 bits per heavy atom. The predicted molar refractivity (Wildman–Crippen MR) is 113 cm³/mol. The molecule has 2 aromatic carbocycles. The summed E-state index contributed by atoms with van der Waals surface area (Å²) in [5, 5.41) is 2.69. The van der Waals surface area contributed by atoms with Crippen LogP contribution in [-0.2, 0) is 14.8 Å². The highest BCUT2D eigenvalue weighted by Crippen LogP contribution is 2.20. The maximum atomic E-state index is 12.5. The average Bonchev–Trinajstić information content (AvgIpc) is 3.07. The Balaban J connectivity index is 1.59. The van der Waals surface area contributed by atoms with E-state index in [4.69, 9.17) is 4.74 Å². The second kappa shape index (κ2) is 8.65. The predicted octanol–water partition coefficient (Wildman–Crippen LogP) is 3.13. The standard InChI is InChI=1S/C21H25N3O4S/c1-15-6-9-18(13-16(15)2)28-14-21(25)22-17-7-10-19(11-8-17)29(26,27)23-20-5-4-12-24(20)3/h6-11,13H,4-5,12,14H2,1-3H3,(H,22,25)/b23-20+. The van der Waals surface area contributed by atoms with Gasteiger partial charge in [-0.05, 0) is 67.8 Å². The average molecular weight is 416 g/mol. The van der Waals surface area contributed by atoms with Crippen LogP contribution in [0.15, 0.2) is 51.8 Å². The summed E-state index contributed by atoms with van der Waals surface area (Å²) in [7, 11) is -1.93. The molecule has 1 saturated heterocycles. The van der Waals surface area contributed by atoms with Crippen LogP contribution in [-0.4, -0.2) is 45.3 Å². The van der Waals surface area contributed by atoms with Crippen molar-refractivity contribution in [2.75, 3.05) is 25.5 Å². The third-order valence-electron chi connectivity index (χ3n) is 4.84. The SMILES string of the molecule is Cc1ccc(OCC(=O)Nc2ccc(S(=O)(=O)/N=C3\CCCN3C)cc2)cc1C. The van der Waals surface area contributed by atoms with Gasteiger partial charge in [0.2, 0.25) is 0 Å². The molecule has 7 nitrogen and oxygen atoms in total. The number of nitrogens with zero attached hydrogens (tertiary/aromatic N) is 2. The second-order valence-electron chi connectivity index (χ2n) is 7.11. The van der Waals surface area contributed by atoms with E-state index in [1.807, 2.05) is 44.0 Å². The van der Waals surface area contributed by atoms with Gasteiger partial charge in [-0.25, -0.2) is 0 Å². The van der Waals surface area contributed by atoms with Crippen LogP contribution in [0.2, 0.25) is 0 Å². The Morgan fingerprint density at radius 2 is 1.86 bits per heavy atom. The maximum Gasteiger partial charge on any atom is 0.283 e. The van der Waals surface area contributed by atoms with E-state index < -0.39 is 10.0 Å². The zero-order valence-corrected chi connectivity index (χ0v) is 17.6. The van der Waals surface area contributed by atoms with E-state index in [2.05, 4.69) is 9.71 Å². The third-order valence-corrected chi connectivity index (χ3v) is 6.16. The van der Waals surface area contributed by atoms with Gasteiger partial charge in [0.25, 0.3) is 15.9 Å². The Morgan fingerprint density at radius 1 is 1.14 bits per heavy atom. The van der Waals surface area contributed by atoms with E-state index in [9.17, 15) is 13.2 Å². The number of carbonyl (C=O) groups is 1. The van der Waals surface area contributed by atoms with Crippen molar-refractivity contribution < 1.29 is 17.9 Å². The maximum absolute atomic E-state index is 12.5. The van der Waals surface area contributed by atoms with Gasteiger partial charge in [0.05, 0.1) is 4.90 Å². The zero-order valence-electron chi connectivity index (χ0n) is 16.8. The molecule has 0 atom stereocenters. The van der Waals surface area contributed by atoms with Gasteiger partial charge < -0.3 is 15.0 Å². The quantitative estimate of drug-likeness (QED) is 0.783. The van der Waals surface area contributed by atoms with Gasteiger partial charge in [-0.2, -0.15) is 8.42 Å². The molecular weight excluding hydrogens is 390 g/mol. The Kier molecular flexibility index (Phi) is 6.22. The molecule has 154 valence electrons. The number of carbonyl (C=O) groups excluding carboxylic acids is 1. The fraction of sp³-hybridized carbons (Fsp3) is 0.333. The van der Waals surface area contributed by atoms with Gasteiger partial charge >= 0.3 is 0 Å². The van der Waals surface area contributed by atoms with Crippen LogP contribution in [0.3, 0.4) is 0 Å². The summed E-state index contributed by atoms with van der Waals surface area (Å²) in [5.41, 5.74) is 2.73. The minimum absolute atomic E-state index is 0.0923. The van der Waals surface area contributed by atoms with Gasteiger partial charge in [0, 0.05) is 25.7 Å². The van der Waals surface area contributed by atoms with E-state index >= 15 is 0 Å². The molecule has 0 radical (unpaired) electrons. The minimum Gasteiger partial charge on any atom is -0.484 e.